The zero-order valence-corrected chi connectivity index (χ0v) is 21.6. The number of halogens is 1. The summed E-state index contributed by atoms with van der Waals surface area (Å²) in [6.45, 7) is 0.0895. The topological polar surface area (TPSA) is 125 Å². The summed E-state index contributed by atoms with van der Waals surface area (Å²) in [5.74, 6) is -0.897. The van der Waals surface area contributed by atoms with E-state index in [-0.39, 0.29) is 34.3 Å². The average Bonchev–Trinajstić information content (AvgIpc) is 3.16. The van der Waals surface area contributed by atoms with Gasteiger partial charge in [-0.2, -0.15) is 0 Å². The van der Waals surface area contributed by atoms with E-state index < -0.39 is 27.7 Å². The van der Waals surface area contributed by atoms with Gasteiger partial charge in [-0.05, 0) is 65.4 Å². The van der Waals surface area contributed by atoms with Crippen LogP contribution in [0.5, 0.6) is 17.2 Å². The van der Waals surface area contributed by atoms with E-state index in [9.17, 15) is 24.5 Å². The molecule has 194 valence electrons. The number of carbonyl (C=O) groups excluding carboxylic acids is 3. The summed E-state index contributed by atoms with van der Waals surface area (Å²) in [5.41, 5.74) is 0.821. The van der Waals surface area contributed by atoms with Crippen LogP contribution in [0.15, 0.2) is 65.6 Å². The fraction of sp³-hybridized carbons (Fsp3) is 0.115. The molecular formula is C26H19ClN2O8S. The number of imide groups is 1. The van der Waals surface area contributed by atoms with Gasteiger partial charge < -0.3 is 14.2 Å². The third-order valence-electron chi connectivity index (χ3n) is 5.39. The first-order chi connectivity index (χ1) is 18.2. The second-order valence-electron chi connectivity index (χ2n) is 7.84. The molecule has 12 heteroatoms. The van der Waals surface area contributed by atoms with E-state index in [1.165, 1.54) is 32.4 Å². The Balaban J connectivity index is 1.57. The van der Waals surface area contributed by atoms with Crippen molar-refractivity contribution in [2.75, 3.05) is 14.2 Å². The van der Waals surface area contributed by atoms with E-state index in [1.54, 1.807) is 42.5 Å². The molecule has 0 unspecified atom stereocenters. The molecule has 0 bridgehead atoms. The maximum Gasteiger partial charge on any atom is 0.338 e. The number of thioether (sulfide) groups is 1. The summed E-state index contributed by atoms with van der Waals surface area (Å²) in [6, 6.07) is 15.3. The molecule has 0 radical (unpaired) electrons. The fourth-order valence-electron chi connectivity index (χ4n) is 3.57. The van der Waals surface area contributed by atoms with Crippen molar-refractivity contribution >= 4 is 52.2 Å². The van der Waals surface area contributed by atoms with E-state index in [1.807, 2.05) is 0 Å². The Morgan fingerprint density at radius 2 is 1.82 bits per heavy atom. The minimum Gasteiger partial charge on any atom is -0.493 e. The Morgan fingerprint density at radius 1 is 1.05 bits per heavy atom. The highest BCUT2D eigenvalue weighted by molar-refractivity contribution is 8.18. The lowest BCUT2D eigenvalue weighted by Gasteiger charge is -2.13. The molecule has 38 heavy (non-hydrogen) atoms. The normalized spacial score (nSPS) is 14.1. The Kier molecular flexibility index (Phi) is 7.99. The smallest absolute Gasteiger partial charge is 0.338 e. The first kappa shape index (κ1) is 26.7. The lowest BCUT2D eigenvalue weighted by Crippen LogP contribution is -2.27. The summed E-state index contributed by atoms with van der Waals surface area (Å²) in [6.07, 6.45) is 1.54. The minimum absolute atomic E-state index is 0.00169. The van der Waals surface area contributed by atoms with Gasteiger partial charge in [-0.15, -0.1) is 0 Å². The Labute approximate surface area is 225 Å². The summed E-state index contributed by atoms with van der Waals surface area (Å²) >= 11 is 6.81. The highest BCUT2D eigenvalue weighted by Gasteiger charge is 2.35. The molecular weight excluding hydrogens is 536 g/mol. The van der Waals surface area contributed by atoms with Crippen LogP contribution >= 0.6 is 23.4 Å². The zero-order chi connectivity index (χ0) is 27.4. The molecule has 0 aliphatic carbocycles. The summed E-state index contributed by atoms with van der Waals surface area (Å²) in [5, 5.41) is 11.7. The van der Waals surface area contributed by atoms with Crippen LogP contribution in [0.25, 0.3) is 6.08 Å². The highest BCUT2D eigenvalue weighted by Crippen LogP contribution is 2.39. The van der Waals surface area contributed by atoms with E-state index in [2.05, 4.69) is 4.74 Å². The molecule has 0 saturated carbocycles. The van der Waals surface area contributed by atoms with Gasteiger partial charge in [0.2, 0.25) is 5.75 Å². The quantitative estimate of drug-likeness (QED) is 0.141. The number of rotatable bonds is 8. The molecule has 3 aromatic rings. The lowest BCUT2D eigenvalue weighted by molar-refractivity contribution is -0.385. The Bertz CT molecular complexity index is 1490. The molecule has 3 aromatic carbocycles. The maximum atomic E-state index is 12.9. The number of hydrogen-bond acceptors (Lipinski definition) is 9. The van der Waals surface area contributed by atoms with Crippen molar-refractivity contribution in [2.24, 2.45) is 0 Å². The van der Waals surface area contributed by atoms with Crippen LogP contribution in [0, 0.1) is 10.1 Å². The summed E-state index contributed by atoms with van der Waals surface area (Å²) in [4.78, 5) is 49.4. The molecule has 0 N–H and O–H groups in total. The molecule has 1 saturated heterocycles. The van der Waals surface area contributed by atoms with Crippen LogP contribution in [-0.4, -0.2) is 41.2 Å². The Hall–Kier alpha value is -4.35. The standard InChI is InChI=1S/C26H19ClN2O8S/c1-35-22-11-15(12-23-24(30)28(26(32)38-23)14-16-4-3-5-18(27)10-16)6-8-21(22)37-20-9-7-17(25(31)36-2)13-19(20)29(33)34/h3-13H,14H2,1-2H3/b23-12-. The van der Waals surface area contributed by atoms with Crippen LogP contribution < -0.4 is 9.47 Å². The monoisotopic (exact) mass is 554 g/mol. The number of ether oxygens (including phenoxy) is 3. The second-order valence-corrected chi connectivity index (χ2v) is 9.27. The molecule has 2 amide bonds. The molecule has 1 heterocycles. The van der Waals surface area contributed by atoms with Crippen LogP contribution in [0.2, 0.25) is 5.02 Å². The number of methoxy groups -OCH3 is 2. The molecule has 4 rings (SSSR count). The molecule has 10 nitrogen and oxygen atoms in total. The van der Waals surface area contributed by atoms with Gasteiger partial charge in [0.1, 0.15) is 0 Å². The third kappa shape index (κ3) is 5.79. The predicted octanol–water partition coefficient (Wildman–Crippen LogP) is 6.07. The SMILES string of the molecule is COC(=O)c1ccc(Oc2ccc(/C=C3\SC(=O)N(Cc4cccc(Cl)c4)C3=O)cc2OC)c([N+](=O)[O-])c1. The average molecular weight is 555 g/mol. The number of benzene rings is 3. The van der Waals surface area contributed by atoms with Crippen molar-refractivity contribution in [3.8, 4) is 17.2 Å². The molecule has 0 aromatic heterocycles. The van der Waals surface area contributed by atoms with Gasteiger partial charge in [0.25, 0.3) is 11.1 Å². The number of nitro groups is 1. The molecule has 0 spiro atoms. The summed E-state index contributed by atoms with van der Waals surface area (Å²) in [7, 11) is 2.56. The number of nitro benzene ring substituents is 1. The van der Waals surface area contributed by atoms with Crippen LogP contribution in [0.1, 0.15) is 21.5 Å². The first-order valence-electron chi connectivity index (χ1n) is 10.9. The van der Waals surface area contributed by atoms with Crippen molar-refractivity contribution in [3.05, 3.63) is 97.4 Å². The van der Waals surface area contributed by atoms with Crippen molar-refractivity contribution in [1.29, 1.82) is 0 Å². The molecule has 0 atom stereocenters. The molecule has 1 aliphatic heterocycles. The number of esters is 1. The van der Waals surface area contributed by atoms with E-state index in [0.717, 1.165) is 28.3 Å². The number of hydrogen-bond donors (Lipinski definition) is 0. The van der Waals surface area contributed by atoms with Crippen LogP contribution in [-0.2, 0) is 16.1 Å². The number of carbonyl (C=O) groups is 3. The van der Waals surface area contributed by atoms with Gasteiger partial charge in [0.15, 0.2) is 11.5 Å². The predicted molar refractivity (Wildman–Crippen MR) is 140 cm³/mol. The third-order valence-corrected chi connectivity index (χ3v) is 6.53. The highest BCUT2D eigenvalue weighted by atomic mass is 35.5. The van der Waals surface area contributed by atoms with Gasteiger partial charge in [0.05, 0.1) is 36.2 Å². The minimum atomic E-state index is -0.724. The van der Waals surface area contributed by atoms with Gasteiger partial charge in [-0.3, -0.25) is 24.6 Å². The molecule has 1 fully saturated rings. The fourth-order valence-corrected chi connectivity index (χ4v) is 4.62. The van der Waals surface area contributed by atoms with Crippen LogP contribution in [0.3, 0.4) is 0 Å². The first-order valence-corrected chi connectivity index (χ1v) is 12.1. The van der Waals surface area contributed by atoms with Crippen molar-refractivity contribution < 1.29 is 33.5 Å². The number of amides is 2. The van der Waals surface area contributed by atoms with Gasteiger partial charge >= 0.3 is 11.7 Å². The molecule has 1 aliphatic rings. The second kappa shape index (κ2) is 11.4. The van der Waals surface area contributed by atoms with Crippen LogP contribution in [0.4, 0.5) is 10.5 Å². The maximum absolute atomic E-state index is 12.9. The zero-order valence-electron chi connectivity index (χ0n) is 20.0. The lowest BCUT2D eigenvalue weighted by atomic mass is 10.1. The van der Waals surface area contributed by atoms with Crippen molar-refractivity contribution in [1.82, 2.24) is 4.90 Å². The van der Waals surface area contributed by atoms with Gasteiger partial charge in [-0.1, -0.05) is 29.8 Å². The van der Waals surface area contributed by atoms with E-state index in [0.29, 0.717) is 10.6 Å². The summed E-state index contributed by atoms with van der Waals surface area (Å²) < 4.78 is 15.7. The van der Waals surface area contributed by atoms with E-state index >= 15 is 0 Å². The number of nitrogens with zero attached hydrogens (tertiary/aromatic N) is 2. The largest absolute Gasteiger partial charge is 0.493 e. The van der Waals surface area contributed by atoms with Gasteiger partial charge in [-0.25, -0.2) is 4.79 Å². The Morgan fingerprint density at radius 3 is 2.50 bits per heavy atom. The van der Waals surface area contributed by atoms with Crippen molar-refractivity contribution in [3.63, 3.8) is 0 Å². The van der Waals surface area contributed by atoms with Crippen molar-refractivity contribution in [2.45, 2.75) is 6.54 Å². The van der Waals surface area contributed by atoms with E-state index in [4.69, 9.17) is 21.1 Å². The van der Waals surface area contributed by atoms with Gasteiger partial charge in [0, 0.05) is 11.1 Å².